The summed E-state index contributed by atoms with van der Waals surface area (Å²) >= 11 is 0. The Hall–Kier alpha value is -2.45. The maximum atomic E-state index is 13.2. The van der Waals surface area contributed by atoms with Crippen LogP contribution in [0.3, 0.4) is 0 Å². The summed E-state index contributed by atoms with van der Waals surface area (Å²) < 4.78 is 44.8. The number of para-hydroxylation sites is 1. The first-order valence-corrected chi connectivity index (χ1v) is 6.73. The van der Waals surface area contributed by atoms with E-state index in [9.17, 15) is 22.8 Å². The third-order valence-corrected chi connectivity index (χ3v) is 3.64. The molecule has 126 valence electrons. The number of alkyl halides is 3. The highest BCUT2D eigenvalue weighted by molar-refractivity contribution is 5.90. The number of hydrogen-bond acceptors (Lipinski definition) is 3. The molecule has 2 atom stereocenters. The number of carboxylic acid groups (broad SMARTS) is 2. The molecule has 1 heterocycles. The minimum atomic E-state index is -4.66. The molecule has 0 aliphatic carbocycles. The lowest BCUT2D eigenvalue weighted by atomic mass is 9.94. The van der Waals surface area contributed by atoms with Gasteiger partial charge in [0, 0.05) is 19.5 Å². The molecule has 23 heavy (non-hydrogen) atoms. The largest absolute Gasteiger partial charge is 0.489 e. The summed E-state index contributed by atoms with van der Waals surface area (Å²) in [4.78, 5) is 22.7. The van der Waals surface area contributed by atoms with Gasteiger partial charge in [-0.15, -0.1) is 0 Å². The highest BCUT2D eigenvalue weighted by Crippen LogP contribution is 2.36. The normalized spacial score (nSPS) is 21.8. The van der Waals surface area contributed by atoms with Gasteiger partial charge in [-0.1, -0.05) is 12.1 Å². The number of rotatable bonds is 3. The zero-order valence-electron chi connectivity index (χ0n) is 11.8. The van der Waals surface area contributed by atoms with Gasteiger partial charge in [0.25, 0.3) is 0 Å². The van der Waals surface area contributed by atoms with Crippen LogP contribution in [0.15, 0.2) is 24.3 Å². The minimum absolute atomic E-state index is 0.109. The molecular weight excluding hydrogens is 319 g/mol. The SMILES string of the molecule is O=C(O)c1ccccc1OC1CCN(C(=O)O)CC1C(F)(F)F. The predicted octanol–water partition coefficient (Wildman–Crippen LogP) is 2.69. The van der Waals surface area contributed by atoms with Gasteiger partial charge in [-0.2, -0.15) is 13.2 Å². The van der Waals surface area contributed by atoms with Gasteiger partial charge in [0.2, 0.25) is 0 Å². The lowest BCUT2D eigenvalue weighted by Crippen LogP contribution is -2.52. The van der Waals surface area contributed by atoms with Crippen LogP contribution in [0.5, 0.6) is 5.75 Å². The van der Waals surface area contributed by atoms with Gasteiger partial charge in [0.05, 0.1) is 0 Å². The van der Waals surface area contributed by atoms with E-state index in [4.69, 9.17) is 14.9 Å². The van der Waals surface area contributed by atoms with E-state index in [0.29, 0.717) is 4.90 Å². The summed E-state index contributed by atoms with van der Waals surface area (Å²) in [5.74, 6) is -3.50. The molecule has 0 bridgehead atoms. The molecule has 2 N–H and O–H groups in total. The fraction of sp³-hybridized carbons (Fsp3) is 0.429. The number of halogens is 3. The van der Waals surface area contributed by atoms with Gasteiger partial charge in [-0.25, -0.2) is 9.59 Å². The zero-order valence-corrected chi connectivity index (χ0v) is 11.8. The number of carbonyl (C=O) groups is 2. The summed E-state index contributed by atoms with van der Waals surface area (Å²) in [5, 5.41) is 17.9. The summed E-state index contributed by atoms with van der Waals surface area (Å²) in [7, 11) is 0. The summed E-state index contributed by atoms with van der Waals surface area (Å²) in [6.07, 6.45) is -7.60. The Morgan fingerprint density at radius 3 is 2.43 bits per heavy atom. The van der Waals surface area contributed by atoms with E-state index in [1.54, 1.807) is 0 Å². The molecule has 0 saturated carbocycles. The first-order chi connectivity index (χ1) is 10.7. The summed E-state index contributed by atoms with van der Waals surface area (Å²) in [5.41, 5.74) is -0.242. The lowest BCUT2D eigenvalue weighted by molar-refractivity contribution is -0.207. The molecule has 6 nitrogen and oxygen atoms in total. The molecular formula is C14H14F3NO5. The van der Waals surface area contributed by atoms with Crippen LogP contribution >= 0.6 is 0 Å². The number of hydrogen-bond donors (Lipinski definition) is 2. The van der Waals surface area contributed by atoms with Crippen LogP contribution in [-0.2, 0) is 0 Å². The molecule has 1 aliphatic heterocycles. The molecule has 1 fully saturated rings. The van der Waals surface area contributed by atoms with Crippen molar-refractivity contribution in [1.29, 1.82) is 0 Å². The van der Waals surface area contributed by atoms with Crippen molar-refractivity contribution >= 4 is 12.1 Å². The first kappa shape index (κ1) is 16.9. The number of aromatic carboxylic acids is 1. The quantitative estimate of drug-likeness (QED) is 0.888. The molecule has 1 aromatic rings. The maximum absolute atomic E-state index is 13.2. The molecule has 0 aromatic heterocycles. The molecule has 1 saturated heterocycles. The molecule has 0 radical (unpaired) electrons. The van der Waals surface area contributed by atoms with Crippen molar-refractivity contribution in [2.24, 2.45) is 5.92 Å². The van der Waals surface area contributed by atoms with E-state index in [1.807, 2.05) is 0 Å². The molecule has 0 spiro atoms. The number of likely N-dealkylation sites (tertiary alicyclic amines) is 1. The molecule has 2 rings (SSSR count). The number of ether oxygens (including phenoxy) is 1. The number of nitrogens with zero attached hydrogens (tertiary/aromatic N) is 1. The standard InChI is InChI=1S/C14H14F3NO5/c15-14(16,17)9-7-18(13(21)22)6-5-11(9)23-10-4-2-1-3-8(10)12(19)20/h1-4,9,11H,5-7H2,(H,19,20)(H,21,22). The van der Waals surface area contributed by atoms with Crippen LogP contribution in [-0.4, -0.2) is 52.5 Å². The van der Waals surface area contributed by atoms with Crippen molar-refractivity contribution in [1.82, 2.24) is 4.90 Å². The van der Waals surface area contributed by atoms with E-state index < -0.39 is 36.8 Å². The van der Waals surface area contributed by atoms with Crippen LogP contribution in [0, 0.1) is 5.92 Å². The first-order valence-electron chi connectivity index (χ1n) is 6.73. The highest BCUT2D eigenvalue weighted by atomic mass is 19.4. The Bertz CT molecular complexity index is 604. The van der Waals surface area contributed by atoms with Crippen LogP contribution in [0.25, 0.3) is 0 Å². The number of carboxylic acids is 1. The van der Waals surface area contributed by atoms with Gasteiger partial charge >= 0.3 is 18.2 Å². The molecule has 9 heteroatoms. The van der Waals surface area contributed by atoms with E-state index in [0.717, 1.165) is 0 Å². The third kappa shape index (κ3) is 3.85. The molecule has 1 amide bonds. The van der Waals surface area contributed by atoms with E-state index in [1.165, 1.54) is 24.3 Å². The maximum Gasteiger partial charge on any atom is 0.407 e. The number of amides is 1. The second-order valence-corrected chi connectivity index (χ2v) is 5.12. The van der Waals surface area contributed by atoms with Crippen molar-refractivity contribution in [2.45, 2.75) is 18.7 Å². The van der Waals surface area contributed by atoms with Crippen molar-refractivity contribution in [3.8, 4) is 5.75 Å². The fourth-order valence-electron chi connectivity index (χ4n) is 2.47. The minimum Gasteiger partial charge on any atom is -0.489 e. The molecule has 1 aromatic carbocycles. The fourth-order valence-corrected chi connectivity index (χ4v) is 2.47. The van der Waals surface area contributed by atoms with Crippen LogP contribution < -0.4 is 4.74 Å². The highest BCUT2D eigenvalue weighted by Gasteiger charge is 2.49. The van der Waals surface area contributed by atoms with E-state index >= 15 is 0 Å². The third-order valence-electron chi connectivity index (χ3n) is 3.64. The second kappa shape index (κ2) is 6.35. The van der Waals surface area contributed by atoms with E-state index in [-0.39, 0.29) is 24.3 Å². The zero-order chi connectivity index (χ0) is 17.2. The Balaban J connectivity index is 2.24. The average Bonchev–Trinajstić information content (AvgIpc) is 2.46. The van der Waals surface area contributed by atoms with Gasteiger partial charge in [0.15, 0.2) is 0 Å². The Morgan fingerprint density at radius 1 is 1.22 bits per heavy atom. The number of benzene rings is 1. The van der Waals surface area contributed by atoms with Crippen molar-refractivity contribution in [3.05, 3.63) is 29.8 Å². The molecule has 2 unspecified atom stereocenters. The Kier molecular flexibility index (Phi) is 4.67. The topological polar surface area (TPSA) is 87.1 Å². The van der Waals surface area contributed by atoms with Gasteiger partial charge in [-0.05, 0) is 12.1 Å². The van der Waals surface area contributed by atoms with Crippen LogP contribution in [0.4, 0.5) is 18.0 Å². The predicted molar refractivity (Wildman–Crippen MR) is 71.6 cm³/mol. The smallest absolute Gasteiger partial charge is 0.407 e. The van der Waals surface area contributed by atoms with Crippen molar-refractivity contribution in [2.75, 3.05) is 13.1 Å². The molecule has 1 aliphatic rings. The summed E-state index contributed by atoms with van der Waals surface area (Å²) in [6, 6.07) is 5.40. The van der Waals surface area contributed by atoms with Crippen LogP contribution in [0.1, 0.15) is 16.8 Å². The van der Waals surface area contributed by atoms with Crippen molar-refractivity contribution < 1.29 is 37.7 Å². The second-order valence-electron chi connectivity index (χ2n) is 5.12. The monoisotopic (exact) mass is 333 g/mol. The van der Waals surface area contributed by atoms with Gasteiger partial charge in [-0.3, -0.25) is 0 Å². The number of piperidine rings is 1. The van der Waals surface area contributed by atoms with Gasteiger partial charge in [0.1, 0.15) is 23.3 Å². The Labute approximate surface area is 129 Å². The average molecular weight is 333 g/mol. The van der Waals surface area contributed by atoms with Crippen LogP contribution in [0.2, 0.25) is 0 Å². The van der Waals surface area contributed by atoms with Crippen molar-refractivity contribution in [3.63, 3.8) is 0 Å². The van der Waals surface area contributed by atoms with E-state index in [2.05, 4.69) is 0 Å². The summed E-state index contributed by atoms with van der Waals surface area (Å²) in [6.45, 7) is -0.847. The Morgan fingerprint density at radius 2 is 1.87 bits per heavy atom. The van der Waals surface area contributed by atoms with Gasteiger partial charge < -0.3 is 19.8 Å². The lowest BCUT2D eigenvalue weighted by Gasteiger charge is -2.38.